The molecule has 1 saturated carbocycles. The Morgan fingerprint density at radius 1 is 1.20 bits per heavy atom. The Kier molecular flexibility index (Phi) is 3.36. The monoisotopic (exact) mass is 281 g/mol. The fraction of sp³-hybridized carbons (Fsp3) is 0.500. The molecule has 1 nitrogen and oxygen atoms in total. The number of allylic oxidation sites excluding steroid dienone is 1. The minimum Gasteiger partial charge on any atom is -0.307 e. The standard InChI is InChI=1S/C16H18F3N/c1-10(20-15-9-12-3-2-4-14(12)15)11-5-7-13(8-6-11)16(17,18)19/h2,4-8,10,12,14-15,20H,3,9H2,1H3. The van der Waals surface area contributed by atoms with Crippen LogP contribution in [0.4, 0.5) is 13.2 Å². The highest BCUT2D eigenvalue weighted by Crippen LogP contribution is 2.43. The zero-order valence-electron chi connectivity index (χ0n) is 11.3. The number of fused-ring (bicyclic) bond motifs is 1. The molecule has 1 fully saturated rings. The van der Waals surface area contributed by atoms with Crippen LogP contribution >= 0.6 is 0 Å². The van der Waals surface area contributed by atoms with Gasteiger partial charge in [0.05, 0.1) is 5.56 Å². The molecule has 0 amide bonds. The third-order valence-corrected chi connectivity index (χ3v) is 4.56. The van der Waals surface area contributed by atoms with E-state index < -0.39 is 11.7 Å². The normalized spacial score (nSPS) is 29.9. The quantitative estimate of drug-likeness (QED) is 0.814. The first kappa shape index (κ1) is 13.7. The number of halogens is 3. The third kappa shape index (κ3) is 2.49. The van der Waals surface area contributed by atoms with Gasteiger partial charge in [0.1, 0.15) is 0 Å². The number of alkyl halides is 3. The third-order valence-electron chi connectivity index (χ3n) is 4.56. The summed E-state index contributed by atoms with van der Waals surface area (Å²) in [5, 5.41) is 3.53. The van der Waals surface area contributed by atoms with E-state index >= 15 is 0 Å². The van der Waals surface area contributed by atoms with Gasteiger partial charge in [-0.1, -0.05) is 24.3 Å². The summed E-state index contributed by atoms with van der Waals surface area (Å²) in [5.74, 6) is 1.40. The van der Waals surface area contributed by atoms with E-state index in [1.807, 2.05) is 6.92 Å². The highest BCUT2D eigenvalue weighted by Gasteiger charge is 2.41. The smallest absolute Gasteiger partial charge is 0.307 e. The van der Waals surface area contributed by atoms with Crippen LogP contribution < -0.4 is 5.32 Å². The van der Waals surface area contributed by atoms with E-state index in [1.54, 1.807) is 12.1 Å². The van der Waals surface area contributed by atoms with Gasteiger partial charge in [0.2, 0.25) is 0 Å². The highest BCUT2D eigenvalue weighted by atomic mass is 19.4. The SMILES string of the molecule is CC(NC1CC2CC=CC21)c1ccc(C(F)(F)F)cc1. The number of benzene rings is 1. The average molecular weight is 281 g/mol. The summed E-state index contributed by atoms with van der Waals surface area (Å²) in [6, 6.07) is 6.01. The first-order chi connectivity index (χ1) is 9.45. The van der Waals surface area contributed by atoms with Crippen molar-refractivity contribution >= 4 is 0 Å². The summed E-state index contributed by atoms with van der Waals surface area (Å²) in [7, 11) is 0. The highest BCUT2D eigenvalue weighted by molar-refractivity contribution is 5.27. The molecule has 2 aliphatic rings. The van der Waals surface area contributed by atoms with Crippen molar-refractivity contribution < 1.29 is 13.2 Å². The summed E-state index contributed by atoms with van der Waals surface area (Å²) in [5.41, 5.74) is 0.319. The Balaban J connectivity index is 1.62. The van der Waals surface area contributed by atoms with E-state index in [-0.39, 0.29) is 6.04 Å². The van der Waals surface area contributed by atoms with Gasteiger partial charge >= 0.3 is 6.18 Å². The van der Waals surface area contributed by atoms with Crippen LogP contribution in [-0.4, -0.2) is 6.04 Å². The zero-order valence-corrected chi connectivity index (χ0v) is 11.3. The molecule has 4 heteroatoms. The fourth-order valence-corrected chi connectivity index (χ4v) is 3.29. The zero-order chi connectivity index (χ0) is 14.3. The van der Waals surface area contributed by atoms with Gasteiger partial charge in [-0.2, -0.15) is 13.2 Å². The predicted octanol–water partition coefficient (Wildman–Crippen LogP) is 4.32. The molecule has 0 aliphatic heterocycles. The van der Waals surface area contributed by atoms with Gasteiger partial charge in [-0.15, -0.1) is 0 Å². The minimum atomic E-state index is -4.26. The molecule has 1 N–H and O–H groups in total. The summed E-state index contributed by atoms with van der Waals surface area (Å²) >= 11 is 0. The van der Waals surface area contributed by atoms with E-state index in [4.69, 9.17) is 0 Å². The second-order valence-corrected chi connectivity index (χ2v) is 5.85. The van der Waals surface area contributed by atoms with E-state index in [1.165, 1.54) is 12.8 Å². The van der Waals surface area contributed by atoms with Gasteiger partial charge in [-0.05, 0) is 49.3 Å². The van der Waals surface area contributed by atoms with Gasteiger partial charge in [-0.25, -0.2) is 0 Å². The molecule has 0 radical (unpaired) electrons. The van der Waals surface area contributed by atoms with Gasteiger partial charge in [0.15, 0.2) is 0 Å². The van der Waals surface area contributed by atoms with Crippen molar-refractivity contribution in [2.45, 2.75) is 38.0 Å². The Morgan fingerprint density at radius 3 is 2.50 bits per heavy atom. The van der Waals surface area contributed by atoms with Crippen LogP contribution in [0.25, 0.3) is 0 Å². The van der Waals surface area contributed by atoms with Crippen molar-refractivity contribution in [3.8, 4) is 0 Å². The maximum atomic E-state index is 12.5. The number of nitrogens with one attached hydrogen (secondary N) is 1. The van der Waals surface area contributed by atoms with Crippen LogP contribution in [0.3, 0.4) is 0 Å². The van der Waals surface area contributed by atoms with Crippen molar-refractivity contribution in [1.82, 2.24) is 5.32 Å². The van der Waals surface area contributed by atoms with Crippen molar-refractivity contribution in [3.63, 3.8) is 0 Å². The van der Waals surface area contributed by atoms with E-state index in [9.17, 15) is 13.2 Å². The largest absolute Gasteiger partial charge is 0.416 e. The number of hydrogen-bond donors (Lipinski definition) is 1. The number of rotatable bonds is 3. The molecule has 3 rings (SSSR count). The Hall–Kier alpha value is -1.29. The lowest BCUT2D eigenvalue weighted by atomic mass is 9.71. The van der Waals surface area contributed by atoms with E-state index in [0.717, 1.165) is 23.6 Å². The first-order valence-corrected chi connectivity index (χ1v) is 7.05. The molecule has 0 bridgehead atoms. The maximum absolute atomic E-state index is 12.5. The molecule has 0 saturated heterocycles. The molecule has 0 heterocycles. The molecular weight excluding hydrogens is 263 g/mol. The topological polar surface area (TPSA) is 12.0 Å². The van der Waals surface area contributed by atoms with Crippen LogP contribution in [0.5, 0.6) is 0 Å². The minimum absolute atomic E-state index is 0.0808. The van der Waals surface area contributed by atoms with Crippen LogP contribution in [0, 0.1) is 11.8 Å². The first-order valence-electron chi connectivity index (χ1n) is 7.05. The molecule has 108 valence electrons. The molecule has 0 spiro atoms. The van der Waals surface area contributed by atoms with Gasteiger partial charge in [-0.3, -0.25) is 0 Å². The fourth-order valence-electron chi connectivity index (χ4n) is 3.29. The molecule has 20 heavy (non-hydrogen) atoms. The van der Waals surface area contributed by atoms with Crippen LogP contribution in [0.1, 0.15) is 36.9 Å². The predicted molar refractivity (Wildman–Crippen MR) is 72.1 cm³/mol. The van der Waals surface area contributed by atoms with Crippen molar-refractivity contribution in [1.29, 1.82) is 0 Å². The van der Waals surface area contributed by atoms with Crippen molar-refractivity contribution in [3.05, 3.63) is 47.5 Å². The lowest BCUT2D eigenvalue weighted by molar-refractivity contribution is -0.137. The second kappa shape index (κ2) is 4.92. The van der Waals surface area contributed by atoms with Crippen molar-refractivity contribution in [2.75, 3.05) is 0 Å². The number of hydrogen-bond acceptors (Lipinski definition) is 1. The Labute approximate surface area is 116 Å². The van der Waals surface area contributed by atoms with Gasteiger partial charge < -0.3 is 5.32 Å². The Bertz CT molecular complexity index is 503. The van der Waals surface area contributed by atoms with Crippen molar-refractivity contribution in [2.24, 2.45) is 11.8 Å². The molecular formula is C16H18F3N. The lowest BCUT2D eigenvalue weighted by Gasteiger charge is -2.42. The van der Waals surface area contributed by atoms with Gasteiger partial charge in [0.25, 0.3) is 0 Å². The summed E-state index contributed by atoms with van der Waals surface area (Å²) in [4.78, 5) is 0. The van der Waals surface area contributed by atoms with Crippen LogP contribution in [0.15, 0.2) is 36.4 Å². The van der Waals surface area contributed by atoms with E-state index in [0.29, 0.717) is 12.0 Å². The molecule has 1 aromatic carbocycles. The van der Waals surface area contributed by atoms with Crippen LogP contribution in [0.2, 0.25) is 0 Å². The summed E-state index contributed by atoms with van der Waals surface area (Å²) in [6.45, 7) is 2.01. The average Bonchev–Trinajstić information content (AvgIpc) is 2.76. The summed E-state index contributed by atoms with van der Waals surface area (Å²) in [6.07, 6.45) is 2.59. The van der Waals surface area contributed by atoms with Crippen LogP contribution in [-0.2, 0) is 6.18 Å². The van der Waals surface area contributed by atoms with Gasteiger partial charge in [0, 0.05) is 12.1 Å². The lowest BCUT2D eigenvalue weighted by Crippen LogP contribution is -2.48. The maximum Gasteiger partial charge on any atom is 0.416 e. The molecule has 0 aromatic heterocycles. The van der Waals surface area contributed by atoms with E-state index in [2.05, 4.69) is 17.5 Å². The molecule has 2 aliphatic carbocycles. The Morgan fingerprint density at radius 2 is 1.90 bits per heavy atom. The molecule has 1 aromatic rings. The molecule has 4 atom stereocenters. The summed E-state index contributed by atoms with van der Waals surface area (Å²) < 4.78 is 37.6. The second-order valence-electron chi connectivity index (χ2n) is 5.85. The molecule has 4 unspecified atom stereocenters.